The largest absolute Gasteiger partial charge is 0.463 e. The van der Waals surface area contributed by atoms with Crippen molar-refractivity contribution in [2.24, 2.45) is 5.92 Å². The van der Waals surface area contributed by atoms with Crippen molar-refractivity contribution in [3.05, 3.63) is 12.2 Å². The molecule has 1 N–H and O–H groups in total. The molecule has 1 fully saturated rings. The second-order valence-corrected chi connectivity index (χ2v) is 5.10. The quantitative estimate of drug-likeness (QED) is 0.449. The lowest BCUT2D eigenvalue weighted by Crippen LogP contribution is -2.33. The zero-order valence-electron chi connectivity index (χ0n) is 11.8. The number of hydrogen-bond acceptors (Lipinski definition) is 3. The minimum Gasteiger partial charge on any atom is -0.463 e. The Morgan fingerprint density at radius 3 is 2.61 bits per heavy atom. The van der Waals surface area contributed by atoms with Gasteiger partial charge in [0.05, 0.1) is 6.61 Å². The first-order chi connectivity index (χ1) is 8.74. The van der Waals surface area contributed by atoms with Crippen molar-refractivity contribution in [1.82, 2.24) is 5.32 Å². The van der Waals surface area contributed by atoms with Crippen LogP contribution in [0.15, 0.2) is 12.2 Å². The third kappa shape index (κ3) is 6.20. The Hall–Kier alpha value is -0.830. The van der Waals surface area contributed by atoms with E-state index in [0.717, 1.165) is 12.5 Å². The molecular weight excluding hydrogens is 226 g/mol. The Bertz CT molecular complexity index is 255. The van der Waals surface area contributed by atoms with Crippen LogP contribution < -0.4 is 5.32 Å². The van der Waals surface area contributed by atoms with E-state index in [1.165, 1.54) is 44.6 Å². The summed E-state index contributed by atoms with van der Waals surface area (Å²) in [5.41, 5.74) is 0. The summed E-state index contributed by atoms with van der Waals surface area (Å²) >= 11 is 0. The molecule has 18 heavy (non-hydrogen) atoms. The fourth-order valence-corrected chi connectivity index (χ4v) is 2.58. The van der Waals surface area contributed by atoms with Crippen LogP contribution in [0.2, 0.25) is 0 Å². The first kappa shape index (κ1) is 15.2. The maximum atomic E-state index is 11.1. The van der Waals surface area contributed by atoms with Gasteiger partial charge >= 0.3 is 5.97 Å². The van der Waals surface area contributed by atoms with Crippen LogP contribution in [0.4, 0.5) is 0 Å². The molecule has 0 radical (unpaired) electrons. The fraction of sp³-hybridized carbons (Fsp3) is 0.800. The lowest BCUT2D eigenvalue weighted by molar-refractivity contribution is -0.137. The molecule has 0 spiro atoms. The molecule has 0 aromatic carbocycles. The van der Waals surface area contributed by atoms with Crippen molar-refractivity contribution < 1.29 is 9.53 Å². The SMILES string of the molecule is CCOC(=O)/C=C/CN[C@H](C)C1CCCCCC1. The molecule has 1 atom stereocenters. The van der Waals surface area contributed by atoms with Crippen LogP contribution in [0.25, 0.3) is 0 Å². The first-order valence-corrected chi connectivity index (χ1v) is 7.30. The number of rotatable bonds is 6. The smallest absolute Gasteiger partial charge is 0.330 e. The van der Waals surface area contributed by atoms with Gasteiger partial charge in [-0.05, 0) is 32.6 Å². The molecule has 0 unspecified atom stereocenters. The number of nitrogens with one attached hydrogen (secondary N) is 1. The third-order valence-electron chi connectivity index (χ3n) is 3.71. The zero-order chi connectivity index (χ0) is 13.2. The van der Waals surface area contributed by atoms with Gasteiger partial charge in [0.2, 0.25) is 0 Å². The molecule has 0 heterocycles. The first-order valence-electron chi connectivity index (χ1n) is 7.30. The standard InChI is InChI=1S/C15H27NO2/c1-3-18-15(17)11-8-12-16-13(2)14-9-6-4-5-7-10-14/h8,11,13-14,16H,3-7,9-10,12H2,1-2H3/b11-8+/t13-/m1/s1. The van der Waals surface area contributed by atoms with Gasteiger partial charge in [-0.15, -0.1) is 0 Å². The number of hydrogen-bond donors (Lipinski definition) is 1. The van der Waals surface area contributed by atoms with E-state index in [9.17, 15) is 4.79 Å². The van der Waals surface area contributed by atoms with Crippen LogP contribution in [-0.2, 0) is 9.53 Å². The molecule has 1 aliphatic carbocycles. The van der Waals surface area contributed by atoms with Gasteiger partial charge in [0, 0.05) is 18.7 Å². The Morgan fingerprint density at radius 1 is 1.33 bits per heavy atom. The second-order valence-electron chi connectivity index (χ2n) is 5.10. The molecule has 1 aliphatic rings. The summed E-state index contributed by atoms with van der Waals surface area (Å²) in [6.45, 7) is 5.26. The minimum absolute atomic E-state index is 0.249. The molecular formula is C15H27NO2. The van der Waals surface area contributed by atoms with Crippen LogP contribution in [0.3, 0.4) is 0 Å². The predicted octanol–water partition coefficient (Wildman–Crippen LogP) is 3.05. The molecule has 0 aromatic heterocycles. The normalized spacial score (nSPS) is 19.7. The summed E-state index contributed by atoms with van der Waals surface area (Å²) in [7, 11) is 0. The Balaban J connectivity index is 2.19. The molecule has 3 nitrogen and oxygen atoms in total. The molecule has 0 bridgehead atoms. The summed E-state index contributed by atoms with van der Waals surface area (Å²) in [6.07, 6.45) is 11.6. The number of ether oxygens (including phenoxy) is 1. The Labute approximate surface area is 111 Å². The highest BCUT2D eigenvalue weighted by molar-refractivity contribution is 5.81. The van der Waals surface area contributed by atoms with Gasteiger partial charge in [-0.25, -0.2) is 4.79 Å². The molecule has 0 saturated heterocycles. The Morgan fingerprint density at radius 2 is 2.00 bits per heavy atom. The highest BCUT2D eigenvalue weighted by Gasteiger charge is 2.17. The van der Waals surface area contributed by atoms with E-state index in [-0.39, 0.29) is 5.97 Å². The molecule has 104 valence electrons. The second kappa shape index (κ2) is 9.15. The van der Waals surface area contributed by atoms with Gasteiger partial charge in [-0.1, -0.05) is 31.8 Å². The lowest BCUT2D eigenvalue weighted by atomic mass is 9.93. The van der Waals surface area contributed by atoms with Crippen LogP contribution in [0.1, 0.15) is 52.4 Å². The summed E-state index contributed by atoms with van der Waals surface area (Å²) in [4.78, 5) is 11.1. The van der Waals surface area contributed by atoms with Crippen molar-refractivity contribution in [2.45, 2.75) is 58.4 Å². The van der Waals surface area contributed by atoms with Crippen molar-refractivity contribution in [3.8, 4) is 0 Å². The summed E-state index contributed by atoms with van der Waals surface area (Å²) in [5, 5.41) is 3.48. The van der Waals surface area contributed by atoms with Gasteiger partial charge in [0.15, 0.2) is 0 Å². The third-order valence-corrected chi connectivity index (χ3v) is 3.71. The van der Waals surface area contributed by atoms with Crippen molar-refractivity contribution >= 4 is 5.97 Å². The van der Waals surface area contributed by atoms with Crippen molar-refractivity contribution in [1.29, 1.82) is 0 Å². The maximum absolute atomic E-state index is 11.1. The highest BCUT2D eigenvalue weighted by atomic mass is 16.5. The van der Waals surface area contributed by atoms with E-state index in [4.69, 9.17) is 4.74 Å². The topological polar surface area (TPSA) is 38.3 Å². The summed E-state index contributed by atoms with van der Waals surface area (Å²) in [5.74, 6) is 0.546. The van der Waals surface area contributed by atoms with E-state index in [1.807, 2.05) is 13.0 Å². The van der Waals surface area contributed by atoms with Crippen LogP contribution in [-0.4, -0.2) is 25.2 Å². The molecule has 0 amide bonds. The van der Waals surface area contributed by atoms with Gasteiger partial charge in [-0.2, -0.15) is 0 Å². The highest BCUT2D eigenvalue weighted by Crippen LogP contribution is 2.25. The van der Waals surface area contributed by atoms with Crippen molar-refractivity contribution in [2.75, 3.05) is 13.2 Å². The number of carbonyl (C=O) groups is 1. The van der Waals surface area contributed by atoms with E-state index in [1.54, 1.807) is 0 Å². The predicted molar refractivity (Wildman–Crippen MR) is 74.4 cm³/mol. The molecule has 0 aliphatic heterocycles. The van der Waals surface area contributed by atoms with Crippen LogP contribution in [0, 0.1) is 5.92 Å². The molecule has 1 saturated carbocycles. The van der Waals surface area contributed by atoms with Gasteiger partial charge < -0.3 is 10.1 Å². The maximum Gasteiger partial charge on any atom is 0.330 e. The monoisotopic (exact) mass is 253 g/mol. The van der Waals surface area contributed by atoms with E-state index in [0.29, 0.717) is 12.6 Å². The fourth-order valence-electron chi connectivity index (χ4n) is 2.58. The average molecular weight is 253 g/mol. The Kier molecular flexibility index (Phi) is 7.74. The van der Waals surface area contributed by atoms with E-state index in [2.05, 4.69) is 12.2 Å². The minimum atomic E-state index is -0.249. The van der Waals surface area contributed by atoms with Crippen molar-refractivity contribution in [3.63, 3.8) is 0 Å². The van der Waals surface area contributed by atoms with Gasteiger partial charge in [0.1, 0.15) is 0 Å². The van der Waals surface area contributed by atoms with Gasteiger partial charge in [0.25, 0.3) is 0 Å². The number of carbonyl (C=O) groups excluding carboxylic acids is 1. The van der Waals surface area contributed by atoms with E-state index < -0.39 is 0 Å². The van der Waals surface area contributed by atoms with E-state index >= 15 is 0 Å². The molecule has 1 rings (SSSR count). The van der Waals surface area contributed by atoms with Crippen LogP contribution in [0.5, 0.6) is 0 Å². The molecule has 3 heteroatoms. The summed E-state index contributed by atoms with van der Waals surface area (Å²) < 4.78 is 4.83. The van der Waals surface area contributed by atoms with Gasteiger partial charge in [-0.3, -0.25) is 0 Å². The van der Waals surface area contributed by atoms with Crippen LogP contribution >= 0.6 is 0 Å². The average Bonchev–Trinajstić information content (AvgIpc) is 2.63. The molecule has 0 aromatic rings. The summed E-state index contributed by atoms with van der Waals surface area (Å²) in [6, 6.07) is 0.537. The number of esters is 1. The lowest BCUT2D eigenvalue weighted by Gasteiger charge is -2.23. The zero-order valence-corrected chi connectivity index (χ0v) is 11.8.